The number of ether oxygens (including phenoxy) is 3. The quantitative estimate of drug-likeness (QED) is 0.581. The SMILES string of the molecule is CO[C@H]1CC[C@@](C)(OC(C)=O)[C@@H]2O[C@H](C[C@]1(C)O)[C@H]1C(C)=CC[C@H](C(C)C)[C@H]12. The van der Waals surface area contributed by atoms with Crippen molar-refractivity contribution in [1.29, 1.82) is 0 Å². The van der Waals surface area contributed by atoms with Crippen molar-refractivity contribution in [3.8, 4) is 0 Å². The molecule has 5 heteroatoms. The zero-order valence-corrected chi connectivity index (χ0v) is 18.5. The Kier molecular flexibility index (Phi) is 6.02. The van der Waals surface area contributed by atoms with E-state index < -0.39 is 11.2 Å². The van der Waals surface area contributed by atoms with E-state index in [1.165, 1.54) is 12.5 Å². The summed E-state index contributed by atoms with van der Waals surface area (Å²) in [6.07, 6.45) is 4.54. The molecule has 2 bridgehead atoms. The Morgan fingerprint density at radius 3 is 2.61 bits per heavy atom. The van der Waals surface area contributed by atoms with Crippen LogP contribution >= 0.6 is 0 Å². The lowest BCUT2D eigenvalue weighted by Crippen LogP contribution is -2.51. The first-order valence-corrected chi connectivity index (χ1v) is 10.8. The van der Waals surface area contributed by atoms with Gasteiger partial charge in [0.25, 0.3) is 0 Å². The van der Waals surface area contributed by atoms with Crippen LogP contribution in [0.5, 0.6) is 0 Å². The second-order valence-corrected chi connectivity index (χ2v) is 10.0. The summed E-state index contributed by atoms with van der Waals surface area (Å²) in [5, 5.41) is 11.3. The Bertz CT molecular complexity index is 624. The molecular weight excluding hydrogens is 356 g/mol. The van der Waals surface area contributed by atoms with Gasteiger partial charge in [-0.15, -0.1) is 0 Å². The Labute approximate surface area is 169 Å². The zero-order chi connectivity index (χ0) is 20.9. The molecule has 3 rings (SSSR count). The molecule has 2 fully saturated rings. The third-order valence-corrected chi connectivity index (χ3v) is 7.55. The number of fused-ring (bicyclic) bond motifs is 5. The van der Waals surface area contributed by atoms with Gasteiger partial charge in [-0.05, 0) is 51.9 Å². The number of hydrogen-bond donors (Lipinski definition) is 1. The summed E-state index contributed by atoms with van der Waals surface area (Å²) in [5.74, 6) is 1.23. The number of rotatable bonds is 3. The van der Waals surface area contributed by atoms with Gasteiger partial charge in [0.05, 0.1) is 17.8 Å². The molecule has 1 N–H and O–H groups in total. The fourth-order valence-corrected chi connectivity index (χ4v) is 6.16. The van der Waals surface area contributed by atoms with Gasteiger partial charge in [-0.25, -0.2) is 0 Å². The van der Waals surface area contributed by atoms with E-state index in [0.29, 0.717) is 31.1 Å². The van der Waals surface area contributed by atoms with Crippen LogP contribution in [0.4, 0.5) is 0 Å². The predicted octanol–water partition coefficient (Wildman–Crippen LogP) is 3.88. The first kappa shape index (κ1) is 21.8. The Morgan fingerprint density at radius 1 is 1.36 bits per heavy atom. The fourth-order valence-electron chi connectivity index (χ4n) is 6.16. The van der Waals surface area contributed by atoms with E-state index in [-0.39, 0.29) is 36.1 Å². The minimum absolute atomic E-state index is 0.103. The minimum atomic E-state index is -0.995. The van der Waals surface area contributed by atoms with Crippen LogP contribution in [0.1, 0.15) is 67.2 Å². The maximum Gasteiger partial charge on any atom is 0.303 e. The van der Waals surface area contributed by atoms with Crippen molar-refractivity contribution in [1.82, 2.24) is 0 Å². The molecule has 2 saturated heterocycles. The summed E-state index contributed by atoms with van der Waals surface area (Å²) in [6.45, 7) is 12.1. The molecule has 0 aromatic heterocycles. The zero-order valence-electron chi connectivity index (χ0n) is 18.5. The summed E-state index contributed by atoms with van der Waals surface area (Å²) in [7, 11) is 1.64. The van der Waals surface area contributed by atoms with Crippen molar-refractivity contribution < 1.29 is 24.1 Å². The molecule has 3 aliphatic rings. The molecule has 0 amide bonds. The van der Waals surface area contributed by atoms with Gasteiger partial charge < -0.3 is 19.3 Å². The second-order valence-electron chi connectivity index (χ2n) is 10.0. The average Bonchev–Trinajstić information content (AvgIpc) is 2.95. The highest BCUT2D eigenvalue weighted by atomic mass is 16.6. The van der Waals surface area contributed by atoms with Gasteiger partial charge in [0, 0.05) is 32.3 Å². The van der Waals surface area contributed by atoms with E-state index in [1.54, 1.807) is 7.11 Å². The van der Waals surface area contributed by atoms with Gasteiger partial charge in [-0.2, -0.15) is 0 Å². The van der Waals surface area contributed by atoms with Crippen LogP contribution < -0.4 is 0 Å². The molecule has 2 aliphatic heterocycles. The van der Waals surface area contributed by atoms with E-state index in [4.69, 9.17) is 14.2 Å². The molecule has 0 saturated carbocycles. The van der Waals surface area contributed by atoms with Crippen LogP contribution in [-0.2, 0) is 19.0 Å². The van der Waals surface area contributed by atoms with Crippen LogP contribution in [0, 0.1) is 23.7 Å². The Balaban J connectivity index is 2.09. The first-order valence-electron chi connectivity index (χ1n) is 10.8. The Morgan fingerprint density at radius 2 is 2.04 bits per heavy atom. The van der Waals surface area contributed by atoms with Crippen molar-refractivity contribution in [3.63, 3.8) is 0 Å². The molecule has 2 heterocycles. The summed E-state index contributed by atoms with van der Waals surface area (Å²) in [4.78, 5) is 12.0. The molecule has 0 spiro atoms. The monoisotopic (exact) mass is 394 g/mol. The average molecular weight is 395 g/mol. The van der Waals surface area contributed by atoms with Crippen LogP contribution in [0.2, 0.25) is 0 Å². The maximum absolute atomic E-state index is 12.0. The maximum atomic E-state index is 12.0. The summed E-state index contributed by atoms with van der Waals surface area (Å²) in [5.41, 5.74) is -0.387. The summed E-state index contributed by atoms with van der Waals surface area (Å²) in [6, 6.07) is 0. The van der Waals surface area contributed by atoms with Gasteiger partial charge in [0.1, 0.15) is 11.7 Å². The molecule has 8 atom stereocenters. The molecular formula is C23H38O5. The number of carbonyl (C=O) groups is 1. The second kappa shape index (κ2) is 7.73. The standard InChI is InChI=1S/C23H38O5/c1-13(2)16-9-8-14(3)19-17-12-22(5,25)18(26-7)10-11-23(6,28-15(4)24)21(27-17)20(16)19/h8,13,16-21,25H,9-12H2,1-7H3/t16-,17-,18+,19-,20-,21-,22+,23-/m1/s1. The van der Waals surface area contributed by atoms with Gasteiger partial charge in [0.15, 0.2) is 0 Å². The molecule has 0 radical (unpaired) electrons. The predicted molar refractivity (Wildman–Crippen MR) is 108 cm³/mol. The van der Waals surface area contributed by atoms with Gasteiger partial charge in [-0.3, -0.25) is 4.79 Å². The van der Waals surface area contributed by atoms with Crippen LogP contribution in [0.25, 0.3) is 0 Å². The number of hydrogen-bond acceptors (Lipinski definition) is 5. The summed E-state index contributed by atoms with van der Waals surface area (Å²) < 4.78 is 18.3. The highest BCUT2D eigenvalue weighted by Gasteiger charge is 2.59. The van der Waals surface area contributed by atoms with Crippen LogP contribution in [0.15, 0.2) is 11.6 Å². The summed E-state index contributed by atoms with van der Waals surface area (Å²) >= 11 is 0. The first-order chi connectivity index (χ1) is 13.0. The lowest BCUT2D eigenvalue weighted by molar-refractivity contribution is -0.179. The minimum Gasteiger partial charge on any atom is -0.457 e. The normalized spacial score (nSPS) is 46.2. The van der Waals surface area contributed by atoms with Gasteiger partial charge >= 0.3 is 5.97 Å². The highest BCUT2D eigenvalue weighted by Crippen LogP contribution is 2.54. The largest absolute Gasteiger partial charge is 0.457 e. The van der Waals surface area contributed by atoms with E-state index in [9.17, 15) is 9.90 Å². The van der Waals surface area contributed by atoms with Crippen molar-refractivity contribution >= 4 is 5.97 Å². The third kappa shape index (κ3) is 3.78. The van der Waals surface area contributed by atoms with Crippen LogP contribution in [0.3, 0.4) is 0 Å². The number of aliphatic hydroxyl groups is 1. The van der Waals surface area contributed by atoms with Gasteiger partial charge in [-0.1, -0.05) is 25.5 Å². The number of allylic oxidation sites excluding steroid dienone is 1. The van der Waals surface area contributed by atoms with Crippen molar-refractivity contribution in [2.24, 2.45) is 23.7 Å². The smallest absolute Gasteiger partial charge is 0.303 e. The molecule has 28 heavy (non-hydrogen) atoms. The molecule has 0 aromatic carbocycles. The third-order valence-electron chi connectivity index (χ3n) is 7.55. The van der Waals surface area contributed by atoms with Gasteiger partial charge in [0.2, 0.25) is 0 Å². The lowest BCUT2D eigenvalue weighted by atomic mass is 9.62. The number of carbonyl (C=O) groups excluding carboxylic acids is 1. The van der Waals surface area contributed by atoms with Crippen molar-refractivity contribution in [3.05, 3.63) is 11.6 Å². The lowest BCUT2D eigenvalue weighted by Gasteiger charge is -2.45. The van der Waals surface area contributed by atoms with Crippen molar-refractivity contribution in [2.75, 3.05) is 7.11 Å². The molecule has 0 aromatic rings. The molecule has 160 valence electrons. The molecule has 5 nitrogen and oxygen atoms in total. The van der Waals surface area contributed by atoms with E-state index >= 15 is 0 Å². The topological polar surface area (TPSA) is 65.0 Å². The fraction of sp³-hybridized carbons (Fsp3) is 0.870. The molecule has 0 unspecified atom stereocenters. The van der Waals surface area contributed by atoms with E-state index in [0.717, 1.165) is 6.42 Å². The van der Waals surface area contributed by atoms with E-state index in [1.807, 2.05) is 13.8 Å². The van der Waals surface area contributed by atoms with Crippen LogP contribution in [-0.4, -0.2) is 47.7 Å². The highest BCUT2D eigenvalue weighted by molar-refractivity contribution is 5.66. The molecule has 1 aliphatic carbocycles. The number of esters is 1. The number of methoxy groups -OCH3 is 1. The van der Waals surface area contributed by atoms with Crippen molar-refractivity contribution in [2.45, 2.75) is 96.7 Å². The van der Waals surface area contributed by atoms with E-state index in [2.05, 4.69) is 26.8 Å². The Hall–Kier alpha value is -0.910.